The number of piperidine rings is 1. The molecule has 6 atom stereocenters. The second-order valence-electron chi connectivity index (χ2n) is 12.7. The molecule has 2 heterocycles. The van der Waals surface area contributed by atoms with Crippen LogP contribution in [0.1, 0.15) is 87.0 Å². The Morgan fingerprint density at radius 3 is 2.41 bits per heavy atom. The van der Waals surface area contributed by atoms with Gasteiger partial charge in [-0.15, -0.1) is 11.3 Å². The van der Waals surface area contributed by atoms with Gasteiger partial charge in [-0.25, -0.2) is 9.78 Å². The number of nitrogens with zero attached hydrogens (tertiary/aromatic N) is 3. The van der Waals surface area contributed by atoms with Gasteiger partial charge in [0.05, 0.1) is 6.04 Å². The second kappa shape index (κ2) is 17.5. The van der Waals surface area contributed by atoms with Crippen molar-refractivity contribution >= 4 is 35.0 Å². The van der Waals surface area contributed by atoms with E-state index in [-0.39, 0.29) is 47.8 Å². The van der Waals surface area contributed by atoms with Gasteiger partial charge in [0.1, 0.15) is 28.9 Å². The van der Waals surface area contributed by atoms with Crippen LogP contribution in [0.15, 0.2) is 35.7 Å². The summed E-state index contributed by atoms with van der Waals surface area (Å²) in [6.45, 7) is 8.94. The van der Waals surface area contributed by atoms with Gasteiger partial charge in [-0.1, -0.05) is 70.9 Å². The van der Waals surface area contributed by atoms with Gasteiger partial charge in [0.2, 0.25) is 11.8 Å². The molecule has 0 radical (unpaired) electrons. The predicted molar refractivity (Wildman–Crippen MR) is 179 cm³/mol. The number of thiazole rings is 1. The molecule has 0 unspecified atom stereocenters. The van der Waals surface area contributed by atoms with Crippen LogP contribution in [0, 0.1) is 11.8 Å². The maximum atomic E-state index is 14.0. The molecule has 12 heteroatoms. The first-order valence-electron chi connectivity index (χ1n) is 16.2. The Morgan fingerprint density at radius 2 is 1.83 bits per heavy atom. The number of hydrogen-bond acceptors (Lipinski definition) is 8. The number of carboxylic acid groups (broad SMARTS) is 1. The number of amides is 3. The minimum Gasteiger partial charge on any atom is -0.480 e. The molecular formula is C34H51N5O6S. The molecule has 1 aliphatic rings. The largest absolute Gasteiger partial charge is 0.480 e. The SMILES string of the molecule is CC[C@H](C)[C@H](NC(=O)[C@H]1CCCCN1C)C(=O)N(C)[C@H](C[C@@H](OC)c1nc(C(=O)N[C@@H](Cc2ccccc2)C(=O)O)cs1)C(C)C. The van der Waals surface area contributed by atoms with Crippen molar-refractivity contribution in [1.82, 2.24) is 25.4 Å². The van der Waals surface area contributed by atoms with Crippen molar-refractivity contribution in [3.63, 3.8) is 0 Å². The lowest BCUT2D eigenvalue weighted by Crippen LogP contribution is -2.58. The fourth-order valence-corrected chi connectivity index (χ4v) is 6.83. The molecule has 0 aliphatic carbocycles. The maximum absolute atomic E-state index is 14.0. The number of aliphatic carboxylic acids is 1. The summed E-state index contributed by atoms with van der Waals surface area (Å²) in [5, 5.41) is 17.5. The molecule has 1 aliphatic heterocycles. The number of carboxylic acids is 1. The van der Waals surface area contributed by atoms with E-state index in [1.165, 1.54) is 11.3 Å². The summed E-state index contributed by atoms with van der Waals surface area (Å²) >= 11 is 1.25. The van der Waals surface area contributed by atoms with E-state index >= 15 is 0 Å². The van der Waals surface area contributed by atoms with Crippen LogP contribution in [0.25, 0.3) is 0 Å². The Morgan fingerprint density at radius 1 is 1.13 bits per heavy atom. The average molecular weight is 658 g/mol. The molecule has 1 aromatic carbocycles. The summed E-state index contributed by atoms with van der Waals surface area (Å²) in [6, 6.07) is 6.85. The number of carbonyl (C=O) groups excluding carboxylic acids is 3. The first-order valence-corrected chi connectivity index (χ1v) is 17.1. The van der Waals surface area contributed by atoms with Gasteiger partial charge in [-0.2, -0.15) is 0 Å². The smallest absolute Gasteiger partial charge is 0.326 e. The number of nitrogens with one attached hydrogen (secondary N) is 2. The lowest BCUT2D eigenvalue weighted by molar-refractivity contribution is -0.141. The highest BCUT2D eigenvalue weighted by Gasteiger charge is 2.37. The molecule has 3 rings (SSSR count). The van der Waals surface area contributed by atoms with Gasteiger partial charge < -0.3 is 25.4 Å². The number of likely N-dealkylation sites (N-methyl/N-ethyl adjacent to an activating group) is 2. The van der Waals surface area contributed by atoms with Crippen LogP contribution in [-0.4, -0.2) is 95.5 Å². The average Bonchev–Trinajstić information content (AvgIpc) is 3.53. The number of aromatic nitrogens is 1. The normalized spacial score (nSPS) is 18.7. The van der Waals surface area contributed by atoms with Crippen molar-refractivity contribution in [2.45, 2.75) is 96.5 Å². The zero-order valence-electron chi connectivity index (χ0n) is 28.2. The van der Waals surface area contributed by atoms with Crippen molar-refractivity contribution in [2.75, 3.05) is 27.7 Å². The molecule has 2 aromatic rings. The Hall–Kier alpha value is -3.35. The van der Waals surface area contributed by atoms with Crippen LogP contribution in [0.4, 0.5) is 0 Å². The summed E-state index contributed by atoms with van der Waals surface area (Å²) in [6.07, 6.45) is 3.62. The quantitative estimate of drug-likeness (QED) is 0.245. The third-order valence-corrected chi connectivity index (χ3v) is 10.1. The van der Waals surface area contributed by atoms with Gasteiger partial charge in [-0.05, 0) is 43.8 Å². The van der Waals surface area contributed by atoms with E-state index in [9.17, 15) is 24.3 Å². The molecule has 3 amide bonds. The second-order valence-corrected chi connectivity index (χ2v) is 13.6. The molecule has 0 spiro atoms. The third kappa shape index (κ3) is 9.83. The zero-order valence-corrected chi connectivity index (χ0v) is 29.0. The van der Waals surface area contributed by atoms with Crippen LogP contribution in [0.2, 0.25) is 0 Å². The van der Waals surface area contributed by atoms with Gasteiger partial charge >= 0.3 is 5.97 Å². The fraction of sp³-hybridized carbons (Fsp3) is 0.618. The summed E-state index contributed by atoms with van der Waals surface area (Å²) < 4.78 is 5.83. The van der Waals surface area contributed by atoms with Crippen LogP contribution in [0.3, 0.4) is 0 Å². The minimum atomic E-state index is -1.13. The highest BCUT2D eigenvalue weighted by Crippen LogP contribution is 2.30. The Balaban J connectivity index is 1.72. The lowest BCUT2D eigenvalue weighted by atomic mass is 9.92. The van der Waals surface area contributed by atoms with Crippen molar-refractivity contribution in [1.29, 1.82) is 0 Å². The molecule has 254 valence electrons. The first kappa shape index (κ1) is 37.1. The Kier molecular flexibility index (Phi) is 14.1. The summed E-state index contributed by atoms with van der Waals surface area (Å²) in [7, 11) is 5.29. The number of hydrogen-bond donors (Lipinski definition) is 3. The highest BCUT2D eigenvalue weighted by atomic mass is 32.1. The van der Waals surface area contributed by atoms with Crippen molar-refractivity contribution in [3.05, 3.63) is 52.0 Å². The number of carbonyl (C=O) groups is 4. The topological polar surface area (TPSA) is 141 Å². The molecule has 1 saturated heterocycles. The summed E-state index contributed by atoms with van der Waals surface area (Å²) in [5.41, 5.74) is 0.905. The Bertz CT molecular complexity index is 1300. The zero-order chi connectivity index (χ0) is 34.0. The monoisotopic (exact) mass is 657 g/mol. The molecule has 3 N–H and O–H groups in total. The number of methoxy groups -OCH3 is 1. The number of benzene rings is 1. The molecule has 1 fully saturated rings. The van der Waals surface area contributed by atoms with Gasteiger partial charge in [0.25, 0.3) is 5.91 Å². The third-order valence-electron chi connectivity index (χ3n) is 9.12. The predicted octanol–water partition coefficient (Wildman–Crippen LogP) is 4.14. The molecule has 46 heavy (non-hydrogen) atoms. The first-order chi connectivity index (χ1) is 21.9. The summed E-state index contributed by atoms with van der Waals surface area (Å²) in [5.74, 6) is -1.96. The van der Waals surface area contributed by atoms with Crippen LogP contribution < -0.4 is 10.6 Å². The van der Waals surface area contributed by atoms with Crippen molar-refractivity contribution < 1.29 is 29.0 Å². The van der Waals surface area contributed by atoms with Gasteiger partial charge in [-0.3, -0.25) is 19.3 Å². The van der Waals surface area contributed by atoms with E-state index in [1.54, 1.807) is 24.4 Å². The lowest BCUT2D eigenvalue weighted by Gasteiger charge is -2.38. The number of rotatable bonds is 16. The van der Waals surface area contributed by atoms with Crippen LogP contribution >= 0.6 is 11.3 Å². The van der Waals surface area contributed by atoms with E-state index < -0.39 is 30.1 Å². The minimum absolute atomic E-state index is 0.0569. The van der Waals surface area contributed by atoms with E-state index in [4.69, 9.17) is 4.74 Å². The fourth-order valence-electron chi connectivity index (χ4n) is 5.94. The maximum Gasteiger partial charge on any atom is 0.326 e. The molecule has 1 aromatic heterocycles. The van der Waals surface area contributed by atoms with E-state index in [0.717, 1.165) is 37.8 Å². The van der Waals surface area contributed by atoms with E-state index in [2.05, 4.69) is 20.5 Å². The van der Waals surface area contributed by atoms with Crippen LogP contribution in [-0.2, 0) is 25.5 Å². The van der Waals surface area contributed by atoms with E-state index in [0.29, 0.717) is 11.4 Å². The van der Waals surface area contributed by atoms with Crippen LogP contribution in [0.5, 0.6) is 0 Å². The molecular weight excluding hydrogens is 606 g/mol. The molecule has 0 saturated carbocycles. The number of likely N-dealkylation sites (tertiary alicyclic amines) is 1. The molecule has 0 bridgehead atoms. The van der Waals surface area contributed by atoms with Crippen molar-refractivity contribution in [3.8, 4) is 0 Å². The van der Waals surface area contributed by atoms with Gasteiger partial charge in [0.15, 0.2) is 0 Å². The molecule has 11 nitrogen and oxygen atoms in total. The van der Waals surface area contributed by atoms with Gasteiger partial charge in [0, 0.05) is 38.4 Å². The standard InChI is InChI=1S/C34H51N5O6S/c1-8-22(4)29(37-31(41)26-16-12-13-17-38(26)5)33(42)39(6)27(21(2)3)19-28(45-7)32-36-25(20-46-32)30(40)35-24(34(43)44)18-23-14-10-9-11-15-23/h9-11,14-15,20-22,24,26-29H,8,12-13,16-19H2,1-7H3,(H,35,40)(H,37,41)(H,43,44)/t22-,24-,26+,27+,28+,29-/m0/s1. The van der Waals surface area contributed by atoms with E-state index in [1.807, 2.05) is 65.1 Å². The highest BCUT2D eigenvalue weighted by molar-refractivity contribution is 7.09. The summed E-state index contributed by atoms with van der Waals surface area (Å²) in [4.78, 5) is 60.6. The van der Waals surface area contributed by atoms with Crippen molar-refractivity contribution in [2.24, 2.45) is 11.8 Å². The Labute approximate surface area is 277 Å². The number of ether oxygens (including phenoxy) is 1.